The molecule has 1 aromatic carbocycles. The van der Waals surface area contributed by atoms with Crippen LogP contribution < -0.4 is 15.2 Å². The van der Waals surface area contributed by atoms with E-state index in [2.05, 4.69) is 22.9 Å². The molecule has 0 heterocycles. The maximum atomic E-state index is 6.44. The Balaban J connectivity index is 2.65. The van der Waals surface area contributed by atoms with Gasteiger partial charge in [-0.05, 0) is 37.8 Å². The third-order valence-electron chi connectivity index (χ3n) is 3.61. The first-order valence-electron chi connectivity index (χ1n) is 5.74. The number of halogens is 1. The number of hydrogen-bond acceptors (Lipinski definition) is 3. The Labute approximate surface area is 110 Å². The summed E-state index contributed by atoms with van der Waals surface area (Å²) < 4.78 is 11.9. The Morgan fingerprint density at radius 1 is 1.29 bits per heavy atom. The van der Waals surface area contributed by atoms with Crippen LogP contribution in [0.25, 0.3) is 0 Å². The van der Waals surface area contributed by atoms with Crippen LogP contribution in [0.2, 0.25) is 0 Å². The van der Waals surface area contributed by atoms with Crippen LogP contribution in [0.4, 0.5) is 0 Å². The molecule has 1 aromatic rings. The van der Waals surface area contributed by atoms with Gasteiger partial charge in [0.05, 0.1) is 14.2 Å². The molecule has 94 valence electrons. The van der Waals surface area contributed by atoms with E-state index in [0.717, 1.165) is 39.9 Å². The maximum absolute atomic E-state index is 6.44. The normalized spacial score (nSPS) is 17.5. The lowest BCUT2D eigenvalue weighted by atomic mass is 9.71. The Morgan fingerprint density at radius 2 is 1.94 bits per heavy atom. The summed E-state index contributed by atoms with van der Waals surface area (Å²) in [6.07, 6.45) is 3.18. The molecule has 1 saturated carbocycles. The lowest BCUT2D eigenvalue weighted by molar-refractivity contribution is 0.239. The Kier molecular flexibility index (Phi) is 3.36. The van der Waals surface area contributed by atoms with Gasteiger partial charge in [-0.15, -0.1) is 0 Å². The molecule has 0 aromatic heterocycles. The van der Waals surface area contributed by atoms with Crippen molar-refractivity contribution in [1.29, 1.82) is 0 Å². The lowest BCUT2D eigenvalue weighted by Crippen LogP contribution is -2.44. The zero-order valence-electron chi connectivity index (χ0n) is 10.5. The quantitative estimate of drug-likeness (QED) is 0.933. The van der Waals surface area contributed by atoms with Gasteiger partial charge in [0.25, 0.3) is 0 Å². The van der Waals surface area contributed by atoms with Crippen LogP contribution in [-0.2, 0) is 5.54 Å². The molecule has 0 saturated heterocycles. The minimum atomic E-state index is -0.257. The highest BCUT2D eigenvalue weighted by molar-refractivity contribution is 9.10. The molecule has 1 aliphatic rings. The second-order valence-corrected chi connectivity index (χ2v) is 5.46. The predicted octanol–water partition coefficient (Wildman–Crippen LogP) is 3.11. The highest BCUT2D eigenvalue weighted by Crippen LogP contribution is 2.49. The zero-order chi connectivity index (χ0) is 12.6. The first-order chi connectivity index (χ1) is 8.03. The van der Waals surface area contributed by atoms with Crippen LogP contribution >= 0.6 is 15.9 Å². The number of benzene rings is 1. The van der Waals surface area contributed by atoms with Gasteiger partial charge >= 0.3 is 0 Å². The molecule has 1 fully saturated rings. The number of methoxy groups -OCH3 is 2. The van der Waals surface area contributed by atoms with Gasteiger partial charge < -0.3 is 15.2 Å². The summed E-state index contributed by atoms with van der Waals surface area (Å²) in [6.45, 7) is 2.06. The molecule has 2 rings (SSSR count). The Bertz CT molecular complexity index is 442. The smallest absolute Gasteiger partial charge is 0.166 e. The van der Waals surface area contributed by atoms with Crippen molar-refractivity contribution in [2.75, 3.05) is 14.2 Å². The fourth-order valence-electron chi connectivity index (χ4n) is 2.46. The number of nitrogens with two attached hydrogens (primary N) is 1. The van der Waals surface area contributed by atoms with Crippen molar-refractivity contribution in [3.63, 3.8) is 0 Å². The zero-order valence-corrected chi connectivity index (χ0v) is 12.1. The molecule has 2 N–H and O–H groups in total. The van der Waals surface area contributed by atoms with Crippen molar-refractivity contribution >= 4 is 15.9 Å². The van der Waals surface area contributed by atoms with Gasteiger partial charge in [-0.1, -0.05) is 15.9 Å². The summed E-state index contributed by atoms with van der Waals surface area (Å²) >= 11 is 3.56. The van der Waals surface area contributed by atoms with Crippen LogP contribution in [0.5, 0.6) is 11.5 Å². The first-order valence-corrected chi connectivity index (χ1v) is 6.53. The van der Waals surface area contributed by atoms with E-state index in [1.165, 1.54) is 6.42 Å². The van der Waals surface area contributed by atoms with Crippen molar-refractivity contribution < 1.29 is 9.47 Å². The second kappa shape index (κ2) is 4.50. The molecule has 0 spiro atoms. The summed E-state index contributed by atoms with van der Waals surface area (Å²) in [5, 5.41) is 0. The molecule has 3 nitrogen and oxygen atoms in total. The van der Waals surface area contributed by atoms with E-state index in [-0.39, 0.29) is 5.54 Å². The van der Waals surface area contributed by atoms with Gasteiger partial charge in [0.1, 0.15) is 0 Å². The molecule has 0 radical (unpaired) electrons. The number of ether oxygens (including phenoxy) is 2. The molecule has 0 bridgehead atoms. The molecule has 0 aliphatic heterocycles. The second-order valence-electron chi connectivity index (χ2n) is 4.60. The van der Waals surface area contributed by atoms with Gasteiger partial charge in [0.15, 0.2) is 11.5 Å². The largest absolute Gasteiger partial charge is 0.493 e. The standard InChI is InChI=1S/C13H18BrNO2/c1-8-9(14)7-10(16-2)12(17-3)11(8)13(15)5-4-6-13/h7H,4-6,15H2,1-3H3. The van der Waals surface area contributed by atoms with E-state index in [1.807, 2.05) is 6.07 Å². The summed E-state index contributed by atoms with van der Waals surface area (Å²) in [5.41, 5.74) is 8.40. The topological polar surface area (TPSA) is 44.5 Å². The fraction of sp³-hybridized carbons (Fsp3) is 0.538. The Hall–Kier alpha value is -0.740. The summed E-state index contributed by atoms with van der Waals surface area (Å²) in [6, 6.07) is 1.93. The average Bonchev–Trinajstić information content (AvgIpc) is 2.28. The van der Waals surface area contributed by atoms with Crippen molar-refractivity contribution in [2.45, 2.75) is 31.7 Å². The molecule has 0 unspecified atom stereocenters. The van der Waals surface area contributed by atoms with Crippen LogP contribution in [0, 0.1) is 6.92 Å². The fourth-order valence-corrected chi connectivity index (χ4v) is 2.87. The van der Waals surface area contributed by atoms with Crippen LogP contribution in [-0.4, -0.2) is 14.2 Å². The van der Waals surface area contributed by atoms with E-state index in [9.17, 15) is 0 Å². The van der Waals surface area contributed by atoms with Crippen LogP contribution in [0.15, 0.2) is 10.5 Å². The molecule has 1 aliphatic carbocycles. The Morgan fingerprint density at radius 3 is 2.35 bits per heavy atom. The maximum Gasteiger partial charge on any atom is 0.166 e. The predicted molar refractivity (Wildman–Crippen MR) is 71.7 cm³/mol. The molecule has 17 heavy (non-hydrogen) atoms. The van der Waals surface area contributed by atoms with E-state index in [1.54, 1.807) is 14.2 Å². The lowest BCUT2D eigenvalue weighted by Gasteiger charge is -2.40. The van der Waals surface area contributed by atoms with Crippen molar-refractivity contribution in [1.82, 2.24) is 0 Å². The SMILES string of the molecule is COc1cc(Br)c(C)c(C2(N)CCC2)c1OC. The summed E-state index contributed by atoms with van der Waals surface area (Å²) in [4.78, 5) is 0. The third-order valence-corrected chi connectivity index (χ3v) is 4.43. The summed E-state index contributed by atoms with van der Waals surface area (Å²) in [7, 11) is 3.31. The molecular formula is C13H18BrNO2. The number of rotatable bonds is 3. The summed E-state index contributed by atoms with van der Waals surface area (Å²) in [5.74, 6) is 1.51. The highest BCUT2D eigenvalue weighted by atomic mass is 79.9. The average molecular weight is 300 g/mol. The highest BCUT2D eigenvalue weighted by Gasteiger charge is 2.39. The molecular weight excluding hydrogens is 282 g/mol. The third kappa shape index (κ3) is 1.93. The number of hydrogen-bond donors (Lipinski definition) is 1. The van der Waals surface area contributed by atoms with E-state index >= 15 is 0 Å². The van der Waals surface area contributed by atoms with Gasteiger partial charge in [0, 0.05) is 15.6 Å². The van der Waals surface area contributed by atoms with Gasteiger partial charge in [-0.3, -0.25) is 0 Å². The van der Waals surface area contributed by atoms with Crippen molar-refractivity contribution in [3.8, 4) is 11.5 Å². The van der Waals surface area contributed by atoms with Crippen molar-refractivity contribution in [2.24, 2.45) is 5.73 Å². The van der Waals surface area contributed by atoms with Crippen LogP contribution in [0.3, 0.4) is 0 Å². The molecule has 4 heteroatoms. The van der Waals surface area contributed by atoms with Gasteiger partial charge in [-0.2, -0.15) is 0 Å². The van der Waals surface area contributed by atoms with E-state index in [0.29, 0.717) is 0 Å². The van der Waals surface area contributed by atoms with E-state index < -0.39 is 0 Å². The molecule has 0 amide bonds. The van der Waals surface area contributed by atoms with Crippen LogP contribution in [0.1, 0.15) is 30.4 Å². The minimum Gasteiger partial charge on any atom is -0.493 e. The monoisotopic (exact) mass is 299 g/mol. The minimum absolute atomic E-state index is 0.257. The van der Waals surface area contributed by atoms with Gasteiger partial charge in [0.2, 0.25) is 0 Å². The van der Waals surface area contributed by atoms with Gasteiger partial charge in [-0.25, -0.2) is 0 Å². The van der Waals surface area contributed by atoms with E-state index in [4.69, 9.17) is 15.2 Å². The molecule has 0 atom stereocenters. The first kappa shape index (κ1) is 12.7. The van der Waals surface area contributed by atoms with Crippen molar-refractivity contribution in [3.05, 3.63) is 21.7 Å².